The van der Waals surface area contributed by atoms with Gasteiger partial charge in [0, 0.05) is 17.9 Å². The Morgan fingerprint density at radius 2 is 2.26 bits per heavy atom. The molecular formula is C12H15NO5S. The first kappa shape index (κ1) is 15.5. The van der Waals surface area contributed by atoms with Gasteiger partial charge in [0.05, 0.1) is 22.5 Å². The number of carbonyl (C=O) groups excluding carboxylic acids is 1. The summed E-state index contributed by atoms with van der Waals surface area (Å²) in [7, 11) is 1.25. The number of aliphatic hydroxyl groups excluding tert-OH is 1. The van der Waals surface area contributed by atoms with Gasteiger partial charge in [0.15, 0.2) is 0 Å². The number of thioether (sulfide) groups is 1. The summed E-state index contributed by atoms with van der Waals surface area (Å²) < 4.78 is 4.59. The zero-order valence-electron chi connectivity index (χ0n) is 10.7. The second-order valence-corrected chi connectivity index (χ2v) is 5.35. The molecule has 6 nitrogen and oxygen atoms in total. The van der Waals surface area contributed by atoms with Crippen molar-refractivity contribution in [3.8, 4) is 0 Å². The van der Waals surface area contributed by atoms with Gasteiger partial charge < -0.3 is 9.84 Å². The van der Waals surface area contributed by atoms with E-state index in [0.717, 1.165) is 0 Å². The van der Waals surface area contributed by atoms with Gasteiger partial charge in [0.25, 0.3) is 5.69 Å². The van der Waals surface area contributed by atoms with Crippen LogP contribution in [-0.4, -0.2) is 35.0 Å². The molecule has 7 heteroatoms. The molecule has 19 heavy (non-hydrogen) atoms. The molecule has 0 fully saturated rings. The maximum absolute atomic E-state index is 11.4. The number of ether oxygens (including phenoxy) is 1. The first-order chi connectivity index (χ1) is 8.99. The van der Waals surface area contributed by atoms with Crippen LogP contribution in [0.15, 0.2) is 23.1 Å². The van der Waals surface area contributed by atoms with Crippen molar-refractivity contribution in [3.63, 3.8) is 0 Å². The lowest BCUT2D eigenvalue weighted by Crippen LogP contribution is -2.04. The molecule has 104 valence electrons. The summed E-state index contributed by atoms with van der Waals surface area (Å²) in [6.07, 6.45) is 0.518. The van der Waals surface area contributed by atoms with Crippen molar-refractivity contribution in [2.24, 2.45) is 0 Å². The van der Waals surface area contributed by atoms with Crippen molar-refractivity contribution >= 4 is 23.4 Å². The largest absolute Gasteiger partial charge is 0.465 e. The SMILES string of the molecule is COC(=O)c1ccc([N+](=O)[O-])c(SC(C)CCO)c1. The highest BCUT2D eigenvalue weighted by Gasteiger charge is 2.19. The Kier molecular flexibility index (Phi) is 5.78. The monoisotopic (exact) mass is 285 g/mol. The highest BCUT2D eigenvalue weighted by molar-refractivity contribution is 8.00. The second kappa shape index (κ2) is 7.10. The Hall–Kier alpha value is -1.60. The molecule has 1 aromatic rings. The van der Waals surface area contributed by atoms with Crippen molar-refractivity contribution in [1.29, 1.82) is 0 Å². The van der Waals surface area contributed by atoms with Gasteiger partial charge in [-0.3, -0.25) is 10.1 Å². The van der Waals surface area contributed by atoms with Crippen LogP contribution >= 0.6 is 11.8 Å². The standard InChI is InChI=1S/C12H15NO5S/c1-8(5-6-14)19-11-7-9(12(15)18-2)3-4-10(11)13(16)17/h3-4,7-8,14H,5-6H2,1-2H3. The molecule has 1 aromatic carbocycles. The molecule has 0 aliphatic carbocycles. The molecule has 0 radical (unpaired) electrons. The van der Waals surface area contributed by atoms with Crippen LogP contribution in [0.1, 0.15) is 23.7 Å². The number of rotatable bonds is 6. The van der Waals surface area contributed by atoms with Gasteiger partial charge in [0.1, 0.15) is 0 Å². The van der Waals surface area contributed by atoms with Gasteiger partial charge in [-0.25, -0.2) is 4.79 Å². The number of nitro benzene ring substituents is 1. The zero-order valence-corrected chi connectivity index (χ0v) is 11.5. The number of aliphatic hydroxyl groups is 1. The van der Waals surface area contributed by atoms with Crippen LogP contribution < -0.4 is 0 Å². The van der Waals surface area contributed by atoms with E-state index in [2.05, 4.69) is 4.74 Å². The number of carbonyl (C=O) groups is 1. The molecule has 1 unspecified atom stereocenters. The van der Waals surface area contributed by atoms with E-state index in [1.807, 2.05) is 6.92 Å². The van der Waals surface area contributed by atoms with E-state index in [-0.39, 0.29) is 23.1 Å². The van der Waals surface area contributed by atoms with Gasteiger partial charge >= 0.3 is 5.97 Å². The Morgan fingerprint density at radius 1 is 1.58 bits per heavy atom. The first-order valence-electron chi connectivity index (χ1n) is 5.63. The molecule has 0 aliphatic heterocycles. The van der Waals surface area contributed by atoms with Crippen molar-refractivity contribution < 1.29 is 19.6 Å². The summed E-state index contributed by atoms with van der Waals surface area (Å²) in [4.78, 5) is 22.3. The summed E-state index contributed by atoms with van der Waals surface area (Å²) in [6.45, 7) is 1.87. The molecule has 0 amide bonds. The van der Waals surface area contributed by atoms with Gasteiger partial charge in [-0.1, -0.05) is 6.92 Å². The predicted octanol–water partition coefficient (Wildman–Crippen LogP) is 2.24. The summed E-state index contributed by atoms with van der Waals surface area (Å²) >= 11 is 1.26. The number of esters is 1. The Morgan fingerprint density at radius 3 is 2.79 bits per heavy atom. The molecule has 0 saturated carbocycles. The van der Waals surface area contributed by atoms with Crippen LogP contribution in [-0.2, 0) is 4.74 Å². The number of methoxy groups -OCH3 is 1. The molecule has 0 saturated heterocycles. The van der Waals surface area contributed by atoms with Crippen LogP contribution in [0, 0.1) is 10.1 Å². The zero-order chi connectivity index (χ0) is 14.4. The highest BCUT2D eigenvalue weighted by Crippen LogP contribution is 2.34. The topological polar surface area (TPSA) is 89.7 Å². The van der Waals surface area contributed by atoms with E-state index in [4.69, 9.17) is 5.11 Å². The van der Waals surface area contributed by atoms with Gasteiger partial charge in [-0.05, 0) is 18.6 Å². The minimum absolute atomic E-state index is 0.0107. The second-order valence-electron chi connectivity index (χ2n) is 3.87. The average Bonchev–Trinajstić information content (AvgIpc) is 2.37. The molecule has 0 bridgehead atoms. The minimum atomic E-state index is -0.536. The third-order valence-electron chi connectivity index (χ3n) is 2.44. The minimum Gasteiger partial charge on any atom is -0.465 e. The Balaban J connectivity index is 3.08. The fourth-order valence-corrected chi connectivity index (χ4v) is 2.58. The third-order valence-corrected chi connectivity index (χ3v) is 3.66. The van der Waals surface area contributed by atoms with Gasteiger partial charge in [-0.2, -0.15) is 0 Å². The summed E-state index contributed by atoms with van der Waals surface area (Å²) in [6, 6.07) is 4.10. The normalized spacial score (nSPS) is 11.9. The number of benzene rings is 1. The molecule has 0 aliphatic rings. The molecule has 0 heterocycles. The van der Waals surface area contributed by atoms with Gasteiger partial charge in [0.2, 0.25) is 0 Å². The van der Waals surface area contributed by atoms with Crippen LogP contribution in [0.25, 0.3) is 0 Å². The van der Waals surface area contributed by atoms with E-state index in [1.54, 1.807) is 0 Å². The number of nitrogens with zero attached hydrogens (tertiary/aromatic N) is 1. The number of hydrogen-bond acceptors (Lipinski definition) is 6. The molecule has 0 spiro atoms. The van der Waals surface area contributed by atoms with Gasteiger partial charge in [-0.15, -0.1) is 11.8 Å². The average molecular weight is 285 g/mol. The van der Waals surface area contributed by atoms with Crippen LogP contribution in [0.3, 0.4) is 0 Å². The predicted molar refractivity (Wildman–Crippen MR) is 71.5 cm³/mol. The van der Waals surface area contributed by atoms with Crippen LogP contribution in [0.4, 0.5) is 5.69 Å². The van der Waals surface area contributed by atoms with E-state index < -0.39 is 10.9 Å². The van der Waals surface area contributed by atoms with E-state index >= 15 is 0 Å². The summed E-state index contributed by atoms with van der Waals surface area (Å²) in [5, 5.41) is 19.8. The third kappa shape index (κ3) is 4.22. The van der Waals surface area contributed by atoms with Crippen molar-refractivity contribution in [2.45, 2.75) is 23.5 Å². The molecular weight excluding hydrogens is 270 g/mol. The quantitative estimate of drug-likeness (QED) is 0.373. The Bertz CT molecular complexity index is 477. The lowest BCUT2D eigenvalue weighted by Gasteiger charge is -2.10. The van der Waals surface area contributed by atoms with E-state index in [0.29, 0.717) is 11.3 Å². The summed E-state index contributed by atoms with van der Waals surface area (Å²) in [5.41, 5.74) is 0.217. The van der Waals surface area contributed by atoms with E-state index in [1.165, 1.54) is 37.1 Å². The van der Waals surface area contributed by atoms with Crippen molar-refractivity contribution in [3.05, 3.63) is 33.9 Å². The Labute approximate surface area is 114 Å². The fourth-order valence-electron chi connectivity index (χ4n) is 1.46. The maximum atomic E-state index is 11.4. The van der Waals surface area contributed by atoms with E-state index in [9.17, 15) is 14.9 Å². The molecule has 1 rings (SSSR count). The lowest BCUT2D eigenvalue weighted by atomic mass is 10.2. The lowest BCUT2D eigenvalue weighted by molar-refractivity contribution is -0.387. The maximum Gasteiger partial charge on any atom is 0.337 e. The van der Waals surface area contributed by atoms with Crippen molar-refractivity contribution in [1.82, 2.24) is 0 Å². The first-order valence-corrected chi connectivity index (χ1v) is 6.51. The van der Waals surface area contributed by atoms with Crippen LogP contribution in [0.2, 0.25) is 0 Å². The summed E-state index contributed by atoms with van der Waals surface area (Å²) in [5.74, 6) is -0.536. The van der Waals surface area contributed by atoms with Crippen molar-refractivity contribution in [2.75, 3.05) is 13.7 Å². The highest BCUT2D eigenvalue weighted by atomic mass is 32.2. The molecule has 1 atom stereocenters. The fraction of sp³-hybridized carbons (Fsp3) is 0.417. The number of hydrogen-bond donors (Lipinski definition) is 1. The molecule has 1 N–H and O–H groups in total. The smallest absolute Gasteiger partial charge is 0.337 e. The molecule has 0 aromatic heterocycles. The van der Waals surface area contributed by atoms with Crippen LogP contribution in [0.5, 0.6) is 0 Å². The number of nitro groups is 1.